The first-order valence-electron chi connectivity index (χ1n) is 8.14. The van der Waals surface area contributed by atoms with E-state index in [1.807, 2.05) is 0 Å². The minimum atomic E-state index is -0.804. The Morgan fingerprint density at radius 3 is 2.54 bits per heavy atom. The molecule has 1 atom stereocenters. The van der Waals surface area contributed by atoms with E-state index in [9.17, 15) is 14.0 Å². The fourth-order valence-electron chi connectivity index (χ4n) is 2.30. The van der Waals surface area contributed by atoms with Crippen molar-refractivity contribution in [3.63, 3.8) is 0 Å². The Bertz CT molecular complexity index is 749. The molecular formula is C19H21FN2O4. The van der Waals surface area contributed by atoms with Gasteiger partial charge < -0.3 is 20.5 Å². The van der Waals surface area contributed by atoms with E-state index < -0.39 is 11.9 Å². The second-order valence-electron chi connectivity index (χ2n) is 5.70. The van der Waals surface area contributed by atoms with E-state index in [2.05, 4.69) is 10.6 Å². The lowest BCUT2D eigenvalue weighted by atomic mass is 10.2. The van der Waals surface area contributed by atoms with E-state index in [4.69, 9.17) is 9.84 Å². The van der Waals surface area contributed by atoms with Crippen molar-refractivity contribution in [3.05, 3.63) is 59.9 Å². The van der Waals surface area contributed by atoms with Crippen molar-refractivity contribution < 1.29 is 23.8 Å². The molecule has 2 aromatic rings. The molecule has 0 saturated heterocycles. The van der Waals surface area contributed by atoms with Gasteiger partial charge in [-0.3, -0.25) is 9.59 Å². The summed E-state index contributed by atoms with van der Waals surface area (Å²) in [4.78, 5) is 23.3. The van der Waals surface area contributed by atoms with Gasteiger partial charge in [0.15, 0.2) is 0 Å². The molecule has 0 aliphatic heterocycles. The lowest BCUT2D eigenvalue weighted by Gasteiger charge is -2.16. The Kier molecular flexibility index (Phi) is 7.11. The van der Waals surface area contributed by atoms with E-state index in [1.54, 1.807) is 36.4 Å². The highest BCUT2D eigenvalue weighted by Crippen LogP contribution is 2.17. The van der Waals surface area contributed by atoms with Gasteiger partial charge in [-0.1, -0.05) is 12.1 Å². The average Bonchev–Trinajstić information content (AvgIpc) is 2.60. The molecule has 0 aliphatic carbocycles. The van der Waals surface area contributed by atoms with Crippen LogP contribution in [0.3, 0.4) is 0 Å². The van der Waals surface area contributed by atoms with Gasteiger partial charge in [-0.25, -0.2) is 4.39 Å². The van der Waals surface area contributed by atoms with Crippen molar-refractivity contribution in [1.82, 2.24) is 5.32 Å². The van der Waals surface area contributed by atoms with Crippen LogP contribution in [0, 0.1) is 5.82 Å². The van der Waals surface area contributed by atoms with Gasteiger partial charge in [0.05, 0.1) is 0 Å². The number of aliphatic hydroxyl groups is 1. The lowest BCUT2D eigenvalue weighted by molar-refractivity contribution is -0.125. The third-order valence-corrected chi connectivity index (χ3v) is 3.53. The van der Waals surface area contributed by atoms with E-state index in [0.717, 1.165) is 0 Å². The smallest absolute Gasteiger partial charge is 0.247 e. The maximum absolute atomic E-state index is 13.1. The van der Waals surface area contributed by atoms with Crippen LogP contribution in [0.4, 0.5) is 10.1 Å². The monoisotopic (exact) mass is 360 g/mol. The Labute approximate surface area is 151 Å². The largest absolute Gasteiger partial charge is 0.489 e. The molecule has 0 fully saturated rings. The van der Waals surface area contributed by atoms with E-state index >= 15 is 0 Å². The van der Waals surface area contributed by atoms with Crippen LogP contribution >= 0.6 is 0 Å². The second-order valence-corrected chi connectivity index (χ2v) is 5.70. The van der Waals surface area contributed by atoms with Crippen LogP contribution < -0.4 is 15.4 Å². The normalized spacial score (nSPS) is 11.5. The molecule has 0 aliphatic rings. The SMILES string of the molecule is CC(=O)NC(CCO)C(=O)Nc1ccc(OCc2cccc(F)c2)cc1. The van der Waals surface area contributed by atoms with Crippen LogP contribution in [0.15, 0.2) is 48.5 Å². The predicted octanol–water partition coefficient (Wildman–Crippen LogP) is 2.23. The third-order valence-electron chi connectivity index (χ3n) is 3.53. The first kappa shape index (κ1) is 19.4. The number of nitrogens with one attached hydrogen (secondary N) is 2. The summed E-state index contributed by atoms with van der Waals surface area (Å²) in [6, 6.07) is 12.0. The molecular weight excluding hydrogens is 339 g/mol. The highest BCUT2D eigenvalue weighted by atomic mass is 19.1. The minimum absolute atomic E-state index is 0.125. The molecule has 3 N–H and O–H groups in total. The Morgan fingerprint density at radius 2 is 1.92 bits per heavy atom. The number of carbonyl (C=O) groups excluding carboxylic acids is 2. The van der Waals surface area contributed by atoms with Gasteiger partial charge in [-0.05, 0) is 48.4 Å². The number of hydrogen-bond acceptors (Lipinski definition) is 4. The molecule has 0 spiro atoms. The molecule has 0 saturated carbocycles. The summed E-state index contributed by atoms with van der Waals surface area (Å²) in [5.41, 5.74) is 1.24. The summed E-state index contributed by atoms with van der Waals surface area (Å²) in [5, 5.41) is 14.2. The van der Waals surface area contributed by atoms with Crippen molar-refractivity contribution in [1.29, 1.82) is 0 Å². The van der Waals surface area contributed by atoms with Gasteiger partial charge in [-0.15, -0.1) is 0 Å². The highest BCUT2D eigenvalue weighted by Gasteiger charge is 2.18. The molecule has 6 nitrogen and oxygen atoms in total. The predicted molar refractivity (Wildman–Crippen MR) is 95.1 cm³/mol. The van der Waals surface area contributed by atoms with Crippen molar-refractivity contribution in [3.8, 4) is 5.75 Å². The summed E-state index contributed by atoms with van der Waals surface area (Å²) in [5.74, 6) is -0.510. The van der Waals surface area contributed by atoms with Crippen molar-refractivity contribution in [2.45, 2.75) is 26.0 Å². The summed E-state index contributed by atoms with van der Waals surface area (Å²) in [6.07, 6.45) is 0.125. The van der Waals surface area contributed by atoms with Crippen LogP contribution in [0.25, 0.3) is 0 Å². The number of aliphatic hydroxyl groups excluding tert-OH is 1. The van der Waals surface area contributed by atoms with Crippen molar-refractivity contribution in [2.75, 3.05) is 11.9 Å². The first-order chi connectivity index (χ1) is 12.5. The van der Waals surface area contributed by atoms with E-state index in [0.29, 0.717) is 17.0 Å². The average molecular weight is 360 g/mol. The van der Waals surface area contributed by atoms with Crippen LogP contribution in [0.2, 0.25) is 0 Å². The Morgan fingerprint density at radius 1 is 1.19 bits per heavy atom. The molecule has 0 radical (unpaired) electrons. The number of ether oxygens (including phenoxy) is 1. The topological polar surface area (TPSA) is 87.7 Å². The van der Waals surface area contributed by atoms with E-state index in [-0.39, 0.29) is 31.4 Å². The summed E-state index contributed by atoms with van der Waals surface area (Å²) >= 11 is 0. The van der Waals surface area contributed by atoms with Crippen molar-refractivity contribution in [2.24, 2.45) is 0 Å². The molecule has 0 heterocycles. The lowest BCUT2D eigenvalue weighted by Crippen LogP contribution is -2.43. The minimum Gasteiger partial charge on any atom is -0.489 e. The molecule has 138 valence electrons. The standard InChI is InChI=1S/C19H21FN2O4/c1-13(24)21-18(9-10-23)19(25)22-16-5-7-17(8-6-16)26-12-14-3-2-4-15(20)11-14/h2-8,11,18,23H,9-10,12H2,1H3,(H,21,24)(H,22,25). The van der Waals surface area contributed by atoms with Gasteiger partial charge in [-0.2, -0.15) is 0 Å². The maximum Gasteiger partial charge on any atom is 0.247 e. The number of rotatable bonds is 8. The van der Waals surface area contributed by atoms with E-state index in [1.165, 1.54) is 19.1 Å². The molecule has 7 heteroatoms. The Balaban J connectivity index is 1.91. The molecule has 26 heavy (non-hydrogen) atoms. The quantitative estimate of drug-likeness (QED) is 0.674. The first-order valence-corrected chi connectivity index (χ1v) is 8.14. The summed E-state index contributed by atoms with van der Waals surface area (Å²) < 4.78 is 18.7. The maximum atomic E-state index is 13.1. The fraction of sp³-hybridized carbons (Fsp3) is 0.263. The molecule has 0 aromatic heterocycles. The number of anilines is 1. The summed E-state index contributed by atoms with van der Waals surface area (Å²) in [7, 11) is 0. The van der Waals surface area contributed by atoms with Crippen LogP contribution in [0.1, 0.15) is 18.9 Å². The van der Waals surface area contributed by atoms with Gasteiger partial charge in [0.2, 0.25) is 11.8 Å². The molecule has 2 amide bonds. The Hall–Kier alpha value is -2.93. The molecule has 2 aromatic carbocycles. The number of amides is 2. The van der Waals surface area contributed by atoms with Crippen LogP contribution in [-0.2, 0) is 16.2 Å². The van der Waals surface area contributed by atoms with Gasteiger partial charge >= 0.3 is 0 Å². The zero-order valence-electron chi connectivity index (χ0n) is 14.4. The number of benzene rings is 2. The molecule has 1 unspecified atom stereocenters. The highest BCUT2D eigenvalue weighted by molar-refractivity contribution is 5.96. The number of carbonyl (C=O) groups is 2. The fourth-order valence-corrected chi connectivity index (χ4v) is 2.30. The molecule has 2 rings (SSSR count). The van der Waals surface area contributed by atoms with Crippen LogP contribution in [0.5, 0.6) is 5.75 Å². The second kappa shape index (κ2) is 9.53. The van der Waals surface area contributed by atoms with Gasteiger partial charge in [0, 0.05) is 19.2 Å². The summed E-state index contributed by atoms with van der Waals surface area (Å²) in [6.45, 7) is 1.32. The zero-order valence-corrected chi connectivity index (χ0v) is 14.4. The van der Waals surface area contributed by atoms with Gasteiger partial charge in [0.25, 0.3) is 0 Å². The van der Waals surface area contributed by atoms with Crippen LogP contribution in [-0.4, -0.2) is 29.6 Å². The van der Waals surface area contributed by atoms with Gasteiger partial charge in [0.1, 0.15) is 24.2 Å². The van der Waals surface area contributed by atoms with Crippen molar-refractivity contribution >= 4 is 17.5 Å². The number of halogens is 1. The number of hydrogen-bond donors (Lipinski definition) is 3. The third kappa shape index (κ3) is 6.18. The molecule has 0 bridgehead atoms. The zero-order chi connectivity index (χ0) is 18.9.